The van der Waals surface area contributed by atoms with Crippen molar-refractivity contribution in [3.8, 4) is 0 Å². The lowest BCUT2D eigenvalue weighted by atomic mass is 10.0. The highest BCUT2D eigenvalue weighted by Crippen LogP contribution is 2.10. The molecule has 0 fully saturated rings. The van der Waals surface area contributed by atoms with E-state index in [1.54, 1.807) is 13.3 Å². The fraction of sp³-hybridized carbons (Fsp3) is 0.615. The molecule has 1 unspecified atom stereocenters. The minimum Gasteiger partial charge on any atom is -0.468 e. The van der Waals surface area contributed by atoms with Gasteiger partial charge in [0.25, 0.3) is 0 Å². The highest BCUT2D eigenvalue weighted by atomic mass is 16.3. The van der Waals surface area contributed by atoms with Gasteiger partial charge >= 0.3 is 0 Å². The normalized spacial score (nSPS) is 12.8. The number of amides is 1. The summed E-state index contributed by atoms with van der Waals surface area (Å²) in [6.45, 7) is 6.80. The van der Waals surface area contributed by atoms with Crippen molar-refractivity contribution < 1.29 is 9.21 Å². The molecule has 0 aliphatic rings. The average Bonchev–Trinajstić information content (AvgIpc) is 2.68. The van der Waals surface area contributed by atoms with Gasteiger partial charge in [-0.3, -0.25) is 10.1 Å². The van der Waals surface area contributed by atoms with Crippen LogP contribution >= 0.6 is 0 Å². The van der Waals surface area contributed by atoms with Crippen LogP contribution in [0.1, 0.15) is 31.6 Å². The topological polar surface area (TPSA) is 54.3 Å². The van der Waals surface area contributed by atoms with E-state index < -0.39 is 0 Å². The molecule has 4 nitrogen and oxygen atoms in total. The zero-order chi connectivity index (χ0) is 12.8. The second-order valence-corrected chi connectivity index (χ2v) is 4.70. The first kappa shape index (κ1) is 13.8. The molecule has 1 aromatic rings. The van der Waals surface area contributed by atoms with E-state index in [0.29, 0.717) is 12.5 Å². The molecule has 96 valence electrons. The minimum atomic E-state index is -0.163. The van der Waals surface area contributed by atoms with Gasteiger partial charge < -0.3 is 9.73 Å². The smallest absolute Gasteiger partial charge is 0.236 e. The first-order valence-electron chi connectivity index (χ1n) is 6.02. The molecule has 1 heterocycles. The molecule has 17 heavy (non-hydrogen) atoms. The highest BCUT2D eigenvalue weighted by molar-refractivity contribution is 5.81. The fourth-order valence-electron chi connectivity index (χ4n) is 1.73. The first-order chi connectivity index (χ1) is 8.04. The van der Waals surface area contributed by atoms with Gasteiger partial charge in [-0.2, -0.15) is 0 Å². The molecule has 0 aromatic carbocycles. The lowest BCUT2D eigenvalue weighted by Gasteiger charge is -2.18. The number of carbonyl (C=O) groups is 1. The summed E-state index contributed by atoms with van der Waals surface area (Å²) >= 11 is 0. The molecule has 0 saturated heterocycles. The molecule has 1 rings (SSSR count). The maximum absolute atomic E-state index is 11.7. The average molecular weight is 238 g/mol. The monoisotopic (exact) mass is 238 g/mol. The Hall–Kier alpha value is -1.29. The van der Waals surface area contributed by atoms with Crippen molar-refractivity contribution in [2.75, 3.05) is 7.05 Å². The van der Waals surface area contributed by atoms with E-state index in [1.165, 1.54) is 0 Å². The summed E-state index contributed by atoms with van der Waals surface area (Å²) in [6.07, 6.45) is 2.49. The Morgan fingerprint density at radius 1 is 1.47 bits per heavy atom. The number of hydrogen-bond donors (Lipinski definition) is 2. The van der Waals surface area contributed by atoms with Crippen LogP contribution in [0.25, 0.3) is 0 Å². The van der Waals surface area contributed by atoms with Crippen molar-refractivity contribution in [2.24, 2.45) is 5.92 Å². The minimum absolute atomic E-state index is 0.0305. The molecule has 0 aliphatic heterocycles. The van der Waals surface area contributed by atoms with E-state index in [-0.39, 0.29) is 11.9 Å². The van der Waals surface area contributed by atoms with Crippen molar-refractivity contribution in [1.82, 2.24) is 10.6 Å². The van der Waals surface area contributed by atoms with Crippen molar-refractivity contribution in [2.45, 2.75) is 39.8 Å². The van der Waals surface area contributed by atoms with Gasteiger partial charge in [0.05, 0.1) is 18.8 Å². The summed E-state index contributed by atoms with van der Waals surface area (Å²) < 4.78 is 5.34. The summed E-state index contributed by atoms with van der Waals surface area (Å²) in [7, 11) is 1.66. The third kappa shape index (κ3) is 4.23. The fourth-order valence-corrected chi connectivity index (χ4v) is 1.73. The lowest BCUT2D eigenvalue weighted by molar-refractivity contribution is -0.123. The number of carbonyl (C=O) groups excluding carboxylic acids is 1. The number of likely N-dealkylation sites (N-methyl/N-ethyl adjacent to an activating group) is 1. The van der Waals surface area contributed by atoms with E-state index in [1.807, 2.05) is 13.0 Å². The van der Waals surface area contributed by atoms with Gasteiger partial charge in [0, 0.05) is 7.05 Å². The number of hydrogen-bond acceptors (Lipinski definition) is 3. The van der Waals surface area contributed by atoms with Gasteiger partial charge in [0.1, 0.15) is 5.76 Å². The SMILES string of the molecule is CNC(=O)C(CC(C)C)NCc1occc1C. The summed E-state index contributed by atoms with van der Waals surface area (Å²) in [4.78, 5) is 11.7. The van der Waals surface area contributed by atoms with Crippen LogP contribution in [0.4, 0.5) is 0 Å². The zero-order valence-corrected chi connectivity index (χ0v) is 11.0. The van der Waals surface area contributed by atoms with Gasteiger partial charge in [-0.25, -0.2) is 0 Å². The Balaban J connectivity index is 2.55. The first-order valence-corrected chi connectivity index (χ1v) is 6.02. The maximum atomic E-state index is 11.7. The Morgan fingerprint density at radius 2 is 2.18 bits per heavy atom. The molecule has 0 spiro atoms. The zero-order valence-electron chi connectivity index (χ0n) is 11.0. The van der Waals surface area contributed by atoms with E-state index in [9.17, 15) is 4.79 Å². The van der Waals surface area contributed by atoms with Crippen LogP contribution in [0.15, 0.2) is 16.7 Å². The molecule has 2 N–H and O–H groups in total. The van der Waals surface area contributed by atoms with Crippen molar-refractivity contribution >= 4 is 5.91 Å². The predicted molar refractivity (Wildman–Crippen MR) is 67.6 cm³/mol. The van der Waals surface area contributed by atoms with Crippen LogP contribution in [-0.4, -0.2) is 19.0 Å². The second kappa shape index (κ2) is 6.45. The molecule has 1 aromatic heterocycles. The Bertz CT molecular complexity index is 358. The van der Waals surface area contributed by atoms with E-state index in [0.717, 1.165) is 17.7 Å². The molecule has 0 saturated carbocycles. The summed E-state index contributed by atoms with van der Waals surface area (Å²) in [5.41, 5.74) is 1.11. The Labute approximate surface area is 103 Å². The number of aryl methyl sites for hydroxylation is 1. The number of nitrogens with one attached hydrogen (secondary N) is 2. The van der Waals surface area contributed by atoms with E-state index >= 15 is 0 Å². The maximum Gasteiger partial charge on any atom is 0.236 e. The summed E-state index contributed by atoms with van der Waals surface area (Å²) in [5, 5.41) is 5.92. The van der Waals surface area contributed by atoms with Crippen LogP contribution in [-0.2, 0) is 11.3 Å². The quantitative estimate of drug-likeness (QED) is 0.795. The standard InChI is InChI=1S/C13H22N2O2/c1-9(2)7-11(13(16)14-4)15-8-12-10(3)5-6-17-12/h5-6,9,11,15H,7-8H2,1-4H3,(H,14,16). The Kier molecular flexibility index (Phi) is 5.22. The lowest BCUT2D eigenvalue weighted by Crippen LogP contribution is -2.43. The van der Waals surface area contributed by atoms with Gasteiger partial charge in [0.15, 0.2) is 0 Å². The summed E-state index contributed by atoms with van der Waals surface area (Å²) in [5.74, 6) is 1.40. The highest BCUT2D eigenvalue weighted by Gasteiger charge is 2.18. The van der Waals surface area contributed by atoms with Crippen molar-refractivity contribution in [3.05, 3.63) is 23.7 Å². The predicted octanol–water partition coefficient (Wildman–Crippen LogP) is 1.84. The number of furan rings is 1. The molecule has 4 heteroatoms. The molecule has 1 amide bonds. The van der Waals surface area contributed by atoms with Gasteiger partial charge in [0.2, 0.25) is 5.91 Å². The summed E-state index contributed by atoms with van der Waals surface area (Å²) in [6, 6.07) is 1.76. The molecule has 0 bridgehead atoms. The molecular formula is C13H22N2O2. The molecule has 0 radical (unpaired) electrons. The van der Waals surface area contributed by atoms with Crippen molar-refractivity contribution in [1.29, 1.82) is 0 Å². The van der Waals surface area contributed by atoms with Crippen LogP contribution < -0.4 is 10.6 Å². The molecule has 0 aliphatic carbocycles. The largest absolute Gasteiger partial charge is 0.468 e. The molecule has 1 atom stereocenters. The molecular weight excluding hydrogens is 216 g/mol. The van der Waals surface area contributed by atoms with E-state index in [4.69, 9.17) is 4.42 Å². The van der Waals surface area contributed by atoms with Gasteiger partial charge in [-0.1, -0.05) is 13.8 Å². The third-order valence-electron chi connectivity index (χ3n) is 2.75. The van der Waals surface area contributed by atoms with E-state index in [2.05, 4.69) is 24.5 Å². The van der Waals surface area contributed by atoms with Crippen LogP contribution in [0, 0.1) is 12.8 Å². The van der Waals surface area contributed by atoms with Gasteiger partial charge in [-0.05, 0) is 30.9 Å². The van der Waals surface area contributed by atoms with Crippen molar-refractivity contribution in [3.63, 3.8) is 0 Å². The Morgan fingerprint density at radius 3 is 2.65 bits per heavy atom. The second-order valence-electron chi connectivity index (χ2n) is 4.70. The van der Waals surface area contributed by atoms with Crippen LogP contribution in [0.5, 0.6) is 0 Å². The van der Waals surface area contributed by atoms with Crippen LogP contribution in [0.3, 0.4) is 0 Å². The van der Waals surface area contributed by atoms with Gasteiger partial charge in [-0.15, -0.1) is 0 Å². The van der Waals surface area contributed by atoms with Crippen LogP contribution in [0.2, 0.25) is 0 Å². The number of rotatable bonds is 6. The third-order valence-corrected chi connectivity index (χ3v) is 2.75.